The van der Waals surface area contributed by atoms with Crippen molar-refractivity contribution in [3.63, 3.8) is 0 Å². The highest BCUT2D eigenvalue weighted by Gasteiger charge is 2.24. The molecular formula is C12H26N2O. The summed E-state index contributed by atoms with van der Waals surface area (Å²) in [4.78, 5) is 2.55. The van der Waals surface area contributed by atoms with Gasteiger partial charge in [0.15, 0.2) is 0 Å². The zero-order valence-electron chi connectivity index (χ0n) is 10.5. The molecule has 0 bridgehead atoms. The summed E-state index contributed by atoms with van der Waals surface area (Å²) in [6, 6.07) is 0. The van der Waals surface area contributed by atoms with Crippen molar-refractivity contribution in [1.29, 1.82) is 0 Å². The first-order valence-corrected chi connectivity index (χ1v) is 6.15. The summed E-state index contributed by atoms with van der Waals surface area (Å²) in [5.41, 5.74) is 0.402. The topological polar surface area (TPSA) is 24.5 Å². The van der Waals surface area contributed by atoms with Crippen LogP contribution in [0.15, 0.2) is 0 Å². The SMILES string of the molecule is CCC(C)(CNC)CN1CCCOCC1. The summed E-state index contributed by atoms with van der Waals surface area (Å²) in [5.74, 6) is 0. The highest BCUT2D eigenvalue weighted by molar-refractivity contribution is 4.79. The van der Waals surface area contributed by atoms with E-state index in [1.807, 2.05) is 7.05 Å². The monoisotopic (exact) mass is 214 g/mol. The summed E-state index contributed by atoms with van der Waals surface area (Å²) < 4.78 is 5.48. The summed E-state index contributed by atoms with van der Waals surface area (Å²) in [5, 5.41) is 3.31. The van der Waals surface area contributed by atoms with Gasteiger partial charge in [-0.25, -0.2) is 0 Å². The van der Waals surface area contributed by atoms with Gasteiger partial charge in [0.05, 0.1) is 6.61 Å². The number of ether oxygens (including phenoxy) is 1. The Labute approximate surface area is 94.2 Å². The Kier molecular flexibility index (Phi) is 5.58. The molecular weight excluding hydrogens is 188 g/mol. The van der Waals surface area contributed by atoms with Crippen molar-refractivity contribution in [1.82, 2.24) is 10.2 Å². The van der Waals surface area contributed by atoms with Crippen LogP contribution in [0.4, 0.5) is 0 Å². The molecule has 0 saturated carbocycles. The molecule has 3 nitrogen and oxygen atoms in total. The van der Waals surface area contributed by atoms with E-state index in [1.165, 1.54) is 25.9 Å². The second-order valence-electron chi connectivity index (χ2n) is 4.94. The maximum atomic E-state index is 5.48. The molecule has 1 saturated heterocycles. The van der Waals surface area contributed by atoms with E-state index in [4.69, 9.17) is 4.74 Å². The second kappa shape index (κ2) is 6.46. The van der Waals surface area contributed by atoms with Crippen LogP contribution in [-0.2, 0) is 4.74 Å². The number of nitrogens with one attached hydrogen (secondary N) is 1. The molecule has 90 valence electrons. The van der Waals surface area contributed by atoms with Gasteiger partial charge in [-0.3, -0.25) is 0 Å². The van der Waals surface area contributed by atoms with Crippen molar-refractivity contribution in [2.24, 2.45) is 5.41 Å². The van der Waals surface area contributed by atoms with Crippen LogP contribution in [0.5, 0.6) is 0 Å². The summed E-state index contributed by atoms with van der Waals surface area (Å²) in [7, 11) is 2.04. The van der Waals surface area contributed by atoms with Crippen LogP contribution in [0.2, 0.25) is 0 Å². The van der Waals surface area contributed by atoms with Crippen molar-refractivity contribution in [3.05, 3.63) is 0 Å². The van der Waals surface area contributed by atoms with E-state index in [-0.39, 0.29) is 0 Å². The van der Waals surface area contributed by atoms with E-state index in [0.717, 1.165) is 26.3 Å². The van der Waals surface area contributed by atoms with E-state index < -0.39 is 0 Å². The first-order valence-electron chi connectivity index (χ1n) is 6.15. The van der Waals surface area contributed by atoms with Crippen LogP contribution in [0.3, 0.4) is 0 Å². The zero-order chi connectivity index (χ0) is 11.1. The molecule has 0 aliphatic carbocycles. The van der Waals surface area contributed by atoms with Gasteiger partial charge in [-0.2, -0.15) is 0 Å². The fraction of sp³-hybridized carbons (Fsp3) is 1.00. The summed E-state index contributed by atoms with van der Waals surface area (Å²) in [6.45, 7) is 11.1. The molecule has 1 fully saturated rings. The minimum Gasteiger partial charge on any atom is -0.380 e. The predicted octanol–water partition coefficient (Wildman–Crippen LogP) is 1.34. The van der Waals surface area contributed by atoms with E-state index in [2.05, 4.69) is 24.1 Å². The third kappa shape index (κ3) is 4.49. The van der Waals surface area contributed by atoms with Crippen LogP contribution in [0, 0.1) is 5.41 Å². The maximum absolute atomic E-state index is 5.48. The van der Waals surface area contributed by atoms with Crippen molar-refractivity contribution >= 4 is 0 Å². The third-order valence-electron chi connectivity index (χ3n) is 3.38. The van der Waals surface area contributed by atoms with Crippen LogP contribution >= 0.6 is 0 Å². The molecule has 1 aliphatic heterocycles. The molecule has 3 heteroatoms. The Morgan fingerprint density at radius 3 is 2.80 bits per heavy atom. The largest absolute Gasteiger partial charge is 0.380 e. The number of hydrogen-bond donors (Lipinski definition) is 1. The van der Waals surface area contributed by atoms with Gasteiger partial charge >= 0.3 is 0 Å². The van der Waals surface area contributed by atoms with Gasteiger partial charge in [0.25, 0.3) is 0 Å². The van der Waals surface area contributed by atoms with Crippen LogP contribution in [0.1, 0.15) is 26.7 Å². The smallest absolute Gasteiger partial charge is 0.0593 e. The van der Waals surface area contributed by atoms with E-state index in [1.54, 1.807) is 0 Å². The molecule has 1 heterocycles. The highest BCUT2D eigenvalue weighted by Crippen LogP contribution is 2.22. The molecule has 0 spiro atoms. The van der Waals surface area contributed by atoms with Crippen molar-refractivity contribution in [3.8, 4) is 0 Å². The lowest BCUT2D eigenvalue weighted by Gasteiger charge is -2.34. The number of hydrogen-bond acceptors (Lipinski definition) is 3. The molecule has 0 aromatic rings. The first-order chi connectivity index (χ1) is 7.20. The van der Waals surface area contributed by atoms with Crippen LogP contribution in [0.25, 0.3) is 0 Å². The molecule has 1 atom stereocenters. The molecule has 15 heavy (non-hydrogen) atoms. The van der Waals surface area contributed by atoms with Gasteiger partial charge in [0.1, 0.15) is 0 Å². The van der Waals surface area contributed by atoms with E-state index in [0.29, 0.717) is 5.41 Å². The lowest BCUT2D eigenvalue weighted by Crippen LogP contribution is -2.42. The van der Waals surface area contributed by atoms with E-state index >= 15 is 0 Å². The van der Waals surface area contributed by atoms with Gasteiger partial charge in [0.2, 0.25) is 0 Å². The number of nitrogens with zero attached hydrogens (tertiary/aromatic N) is 1. The van der Waals surface area contributed by atoms with Gasteiger partial charge in [-0.1, -0.05) is 13.8 Å². The summed E-state index contributed by atoms with van der Waals surface area (Å²) >= 11 is 0. The Bertz CT molecular complexity index is 167. The molecule has 1 N–H and O–H groups in total. The lowest BCUT2D eigenvalue weighted by atomic mass is 9.86. The van der Waals surface area contributed by atoms with Gasteiger partial charge < -0.3 is 15.0 Å². The van der Waals surface area contributed by atoms with Gasteiger partial charge in [0, 0.05) is 32.8 Å². The molecule has 1 aliphatic rings. The maximum Gasteiger partial charge on any atom is 0.0593 e. The number of rotatable bonds is 5. The molecule has 0 aromatic carbocycles. The molecule has 1 rings (SSSR count). The third-order valence-corrected chi connectivity index (χ3v) is 3.38. The minimum absolute atomic E-state index is 0.402. The standard InChI is InChI=1S/C12H26N2O/c1-4-12(2,10-13-3)11-14-6-5-8-15-9-7-14/h13H,4-11H2,1-3H3. The Balaban J connectivity index is 2.41. The zero-order valence-corrected chi connectivity index (χ0v) is 10.5. The molecule has 0 radical (unpaired) electrons. The van der Waals surface area contributed by atoms with Crippen LogP contribution in [-0.4, -0.2) is 51.3 Å². The second-order valence-corrected chi connectivity index (χ2v) is 4.94. The van der Waals surface area contributed by atoms with Crippen molar-refractivity contribution < 1.29 is 4.74 Å². The fourth-order valence-corrected chi connectivity index (χ4v) is 2.22. The van der Waals surface area contributed by atoms with E-state index in [9.17, 15) is 0 Å². The fourth-order valence-electron chi connectivity index (χ4n) is 2.22. The molecule has 1 unspecified atom stereocenters. The Morgan fingerprint density at radius 1 is 1.33 bits per heavy atom. The van der Waals surface area contributed by atoms with Gasteiger partial charge in [-0.05, 0) is 25.3 Å². The lowest BCUT2D eigenvalue weighted by molar-refractivity contribution is 0.125. The first kappa shape index (κ1) is 12.9. The van der Waals surface area contributed by atoms with Crippen molar-refractivity contribution in [2.75, 3.05) is 46.4 Å². The van der Waals surface area contributed by atoms with Crippen molar-refractivity contribution in [2.45, 2.75) is 26.7 Å². The Morgan fingerprint density at radius 2 is 2.13 bits per heavy atom. The van der Waals surface area contributed by atoms with Gasteiger partial charge in [-0.15, -0.1) is 0 Å². The quantitative estimate of drug-likeness (QED) is 0.747. The molecule has 0 aromatic heterocycles. The normalized spacial score (nSPS) is 23.4. The molecule has 0 amide bonds. The highest BCUT2D eigenvalue weighted by atomic mass is 16.5. The average molecular weight is 214 g/mol. The summed E-state index contributed by atoms with van der Waals surface area (Å²) in [6.07, 6.45) is 2.41. The Hall–Kier alpha value is -0.120. The minimum atomic E-state index is 0.402. The average Bonchev–Trinajstić information content (AvgIpc) is 2.47. The predicted molar refractivity (Wildman–Crippen MR) is 64.2 cm³/mol. The van der Waals surface area contributed by atoms with Crippen LogP contribution < -0.4 is 5.32 Å².